The summed E-state index contributed by atoms with van der Waals surface area (Å²) in [7, 11) is 0. The summed E-state index contributed by atoms with van der Waals surface area (Å²) in [5.41, 5.74) is 14.6. The lowest BCUT2D eigenvalue weighted by Gasteiger charge is -2.24. The van der Waals surface area contributed by atoms with Crippen LogP contribution in [0, 0.1) is 11.3 Å². The Kier molecular flexibility index (Phi) is 2.56. The highest BCUT2D eigenvalue weighted by Gasteiger charge is 2.22. The number of hydrogen-bond donors (Lipinski definition) is 2. The smallest absolute Gasteiger partial charge is 0.102 e. The van der Waals surface area contributed by atoms with Crippen molar-refractivity contribution in [2.75, 3.05) is 5.73 Å². The molecule has 0 saturated carbocycles. The van der Waals surface area contributed by atoms with Crippen molar-refractivity contribution < 1.29 is 0 Å². The largest absolute Gasteiger partial charge is 0.396 e. The van der Waals surface area contributed by atoms with E-state index in [1.165, 1.54) is 0 Å². The van der Waals surface area contributed by atoms with Crippen LogP contribution in [-0.4, -0.2) is 0 Å². The van der Waals surface area contributed by atoms with E-state index in [-0.39, 0.29) is 6.04 Å². The number of nitrogens with zero attached hydrogens (tertiary/aromatic N) is 1. The molecule has 0 fully saturated rings. The summed E-state index contributed by atoms with van der Waals surface area (Å²) in [5.74, 6) is 0. The molecule has 0 radical (unpaired) electrons. The number of rotatable bonds is 0. The highest BCUT2D eigenvalue weighted by atomic mass is 35.5. The molecule has 0 bridgehead atoms. The maximum atomic E-state index is 9.06. The fraction of sp³-hybridized carbons (Fsp3) is 0.364. The number of fused-ring (bicyclic) bond motifs is 1. The van der Waals surface area contributed by atoms with E-state index in [2.05, 4.69) is 6.07 Å². The van der Waals surface area contributed by atoms with Crippen LogP contribution in [0.5, 0.6) is 0 Å². The minimum Gasteiger partial charge on any atom is -0.396 e. The molecule has 0 amide bonds. The molecule has 1 aliphatic rings. The van der Waals surface area contributed by atoms with Crippen LogP contribution in [0.1, 0.15) is 35.6 Å². The van der Waals surface area contributed by atoms with E-state index in [0.29, 0.717) is 16.3 Å². The number of nitrogens with two attached hydrogens (primary N) is 2. The van der Waals surface area contributed by atoms with Crippen molar-refractivity contribution in [1.29, 1.82) is 5.26 Å². The van der Waals surface area contributed by atoms with Crippen molar-refractivity contribution in [2.45, 2.75) is 25.3 Å². The van der Waals surface area contributed by atoms with Crippen LogP contribution in [-0.2, 0) is 6.42 Å². The second-order valence-corrected chi connectivity index (χ2v) is 4.23. The van der Waals surface area contributed by atoms with Gasteiger partial charge >= 0.3 is 0 Å². The van der Waals surface area contributed by atoms with Gasteiger partial charge in [-0.15, -0.1) is 0 Å². The van der Waals surface area contributed by atoms with Gasteiger partial charge in [0, 0.05) is 6.04 Å². The van der Waals surface area contributed by atoms with E-state index in [4.69, 9.17) is 28.3 Å². The summed E-state index contributed by atoms with van der Waals surface area (Å²) in [6.45, 7) is 0. The molecular formula is C11H12ClN3. The monoisotopic (exact) mass is 221 g/mol. The summed E-state index contributed by atoms with van der Waals surface area (Å²) in [6.07, 6.45) is 2.81. The predicted molar refractivity (Wildman–Crippen MR) is 60.4 cm³/mol. The number of hydrogen-bond acceptors (Lipinski definition) is 3. The molecular weight excluding hydrogens is 210 g/mol. The third kappa shape index (κ3) is 1.56. The van der Waals surface area contributed by atoms with Crippen molar-refractivity contribution in [1.82, 2.24) is 0 Å². The molecule has 4 N–H and O–H groups in total. The lowest BCUT2D eigenvalue weighted by molar-refractivity contribution is 0.570. The molecule has 1 aromatic rings. The molecule has 3 nitrogen and oxygen atoms in total. The lowest BCUT2D eigenvalue weighted by Crippen LogP contribution is -2.19. The fourth-order valence-corrected chi connectivity index (χ4v) is 2.32. The van der Waals surface area contributed by atoms with Gasteiger partial charge in [0.15, 0.2) is 0 Å². The summed E-state index contributed by atoms with van der Waals surface area (Å²) >= 11 is 5.96. The fourth-order valence-electron chi connectivity index (χ4n) is 2.11. The number of halogens is 1. The maximum absolute atomic E-state index is 9.06. The van der Waals surface area contributed by atoms with Gasteiger partial charge in [-0.2, -0.15) is 5.26 Å². The first kappa shape index (κ1) is 10.3. The Bertz CT molecular complexity index is 448. The van der Waals surface area contributed by atoms with Gasteiger partial charge in [0.2, 0.25) is 0 Å². The second kappa shape index (κ2) is 3.73. The zero-order valence-electron chi connectivity index (χ0n) is 8.26. The maximum Gasteiger partial charge on any atom is 0.102 e. The Morgan fingerprint density at radius 3 is 2.93 bits per heavy atom. The molecule has 1 aromatic carbocycles. The van der Waals surface area contributed by atoms with Crippen molar-refractivity contribution in [3.8, 4) is 6.07 Å². The van der Waals surface area contributed by atoms with Crippen LogP contribution in [0.3, 0.4) is 0 Å². The normalized spacial score (nSPS) is 19.4. The number of benzene rings is 1. The number of nitriles is 1. The summed E-state index contributed by atoms with van der Waals surface area (Å²) in [5, 5.41) is 9.49. The molecule has 0 aromatic heterocycles. The van der Waals surface area contributed by atoms with Crippen molar-refractivity contribution in [2.24, 2.45) is 5.73 Å². The molecule has 0 aliphatic heterocycles. The van der Waals surface area contributed by atoms with E-state index in [0.717, 1.165) is 30.4 Å². The van der Waals surface area contributed by atoms with Crippen LogP contribution in [0.2, 0.25) is 5.02 Å². The lowest BCUT2D eigenvalue weighted by atomic mass is 9.85. The van der Waals surface area contributed by atoms with Gasteiger partial charge < -0.3 is 11.5 Å². The summed E-state index contributed by atoms with van der Waals surface area (Å²) < 4.78 is 0. The van der Waals surface area contributed by atoms with Crippen molar-refractivity contribution >= 4 is 17.3 Å². The predicted octanol–water partition coefficient (Wildman–Crippen LogP) is 2.13. The molecule has 1 aliphatic carbocycles. The van der Waals surface area contributed by atoms with Crippen LogP contribution in [0.25, 0.3) is 0 Å². The van der Waals surface area contributed by atoms with Crippen LogP contribution >= 0.6 is 11.6 Å². The van der Waals surface area contributed by atoms with Crippen LogP contribution in [0.4, 0.5) is 5.69 Å². The first-order chi connectivity index (χ1) is 7.15. The Morgan fingerprint density at radius 2 is 2.27 bits per heavy atom. The number of nitrogen functional groups attached to an aromatic ring is 1. The van der Waals surface area contributed by atoms with Gasteiger partial charge in [-0.3, -0.25) is 0 Å². The zero-order chi connectivity index (χ0) is 11.0. The van der Waals surface area contributed by atoms with E-state index in [1.807, 2.05) is 0 Å². The van der Waals surface area contributed by atoms with Gasteiger partial charge in [-0.05, 0) is 36.5 Å². The Morgan fingerprint density at radius 1 is 1.53 bits per heavy atom. The van der Waals surface area contributed by atoms with E-state index < -0.39 is 0 Å². The molecule has 15 heavy (non-hydrogen) atoms. The minimum atomic E-state index is -0.0149. The Labute approximate surface area is 93.6 Å². The molecule has 1 unspecified atom stereocenters. The SMILES string of the molecule is N#Cc1c(N)c(Cl)cc2c1CCCC2N. The Balaban J connectivity index is 2.70. The average molecular weight is 222 g/mol. The molecule has 78 valence electrons. The van der Waals surface area contributed by atoms with E-state index in [9.17, 15) is 0 Å². The summed E-state index contributed by atoms with van der Waals surface area (Å²) in [4.78, 5) is 0. The zero-order valence-corrected chi connectivity index (χ0v) is 9.01. The standard InChI is InChI=1S/C11H12ClN3/c12-9-4-7-6(2-1-3-10(7)14)8(5-13)11(9)15/h4,10H,1-3,14-15H2. The second-order valence-electron chi connectivity index (χ2n) is 3.83. The van der Waals surface area contributed by atoms with Crippen molar-refractivity contribution in [3.63, 3.8) is 0 Å². The van der Waals surface area contributed by atoms with Crippen molar-refractivity contribution in [3.05, 3.63) is 27.8 Å². The van der Waals surface area contributed by atoms with Gasteiger partial charge in [0.25, 0.3) is 0 Å². The topological polar surface area (TPSA) is 75.8 Å². The first-order valence-electron chi connectivity index (χ1n) is 4.91. The molecule has 0 heterocycles. The Hall–Kier alpha value is -1.24. The first-order valence-corrected chi connectivity index (χ1v) is 5.29. The third-order valence-corrected chi connectivity index (χ3v) is 3.22. The van der Waals surface area contributed by atoms with E-state index >= 15 is 0 Å². The van der Waals surface area contributed by atoms with Gasteiger partial charge in [0.1, 0.15) is 6.07 Å². The summed E-state index contributed by atoms with van der Waals surface area (Å²) in [6, 6.07) is 3.91. The van der Waals surface area contributed by atoms with E-state index in [1.54, 1.807) is 6.07 Å². The molecule has 1 atom stereocenters. The molecule has 0 saturated heterocycles. The van der Waals surface area contributed by atoms with Gasteiger partial charge in [-0.1, -0.05) is 11.6 Å². The molecule has 2 rings (SSSR count). The third-order valence-electron chi connectivity index (χ3n) is 2.91. The minimum absolute atomic E-state index is 0.0149. The highest BCUT2D eigenvalue weighted by Crippen LogP contribution is 2.36. The van der Waals surface area contributed by atoms with Crippen LogP contribution in [0.15, 0.2) is 6.07 Å². The number of anilines is 1. The van der Waals surface area contributed by atoms with Gasteiger partial charge in [0.05, 0.1) is 16.3 Å². The van der Waals surface area contributed by atoms with Crippen LogP contribution < -0.4 is 11.5 Å². The average Bonchev–Trinajstić information content (AvgIpc) is 2.22. The highest BCUT2D eigenvalue weighted by molar-refractivity contribution is 6.33. The quantitative estimate of drug-likeness (QED) is 0.659. The molecule has 4 heteroatoms. The molecule has 0 spiro atoms. The van der Waals surface area contributed by atoms with Gasteiger partial charge in [-0.25, -0.2) is 0 Å².